The van der Waals surface area contributed by atoms with Crippen LogP contribution in [0.1, 0.15) is 18.2 Å². The number of rotatable bonds is 6. The molecule has 5 heteroatoms. The molecule has 0 heterocycles. The summed E-state index contributed by atoms with van der Waals surface area (Å²) in [7, 11) is 4.51. The molecule has 0 saturated carbocycles. The van der Waals surface area contributed by atoms with Crippen LogP contribution in [-0.2, 0) is 0 Å². The molecule has 0 aromatic heterocycles. The van der Waals surface area contributed by atoms with Gasteiger partial charge in [0.15, 0.2) is 11.5 Å². The molecule has 0 radical (unpaired) electrons. The second-order valence-electron chi connectivity index (χ2n) is 3.49. The lowest BCUT2D eigenvalue weighted by molar-refractivity contribution is 0.304. The zero-order valence-corrected chi connectivity index (χ0v) is 10.3. The van der Waals surface area contributed by atoms with Crippen molar-refractivity contribution in [3.63, 3.8) is 0 Å². The van der Waals surface area contributed by atoms with Gasteiger partial charge in [0, 0.05) is 11.6 Å². The molecule has 1 aromatic carbocycles. The van der Waals surface area contributed by atoms with E-state index in [-0.39, 0.29) is 13.0 Å². The second-order valence-corrected chi connectivity index (χ2v) is 3.49. The number of nitrogens with two attached hydrogens (primary N) is 1. The summed E-state index contributed by atoms with van der Waals surface area (Å²) in [6, 6.07) is 3.19. The third-order valence-corrected chi connectivity index (χ3v) is 2.49. The number of ether oxygens (including phenoxy) is 3. The van der Waals surface area contributed by atoms with Crippen molar-refractivity contribution in [3.05, 3.63) is 17.7 Å². The quantitative estimate of drug-likeness (QED) is 0.831. The average molecular weight is 243 g/mol. The van der Waals surface area contributed by atoms with Gasteiger partial charge in [-0.15, -0.1) is 0 Å². The molecular weight excluding hydrogens is 225 g/mol. The molecular formula is C12H18FNO3. The van der Waals surface area contributed by atoms with E-state index >= 15 is 0 Å². The van der Waals surface area contributed by atoms with Crippen molar-refractivity contribution in [2.24, 2.45) is 5.73 Å². The lowest BCUT2D eigenvalue weighted by Crippen LogP contribution is -2.05. The largest absolute Gasteiger partial charge is 0.496 e. The summed E-state index contributed by atoms with van der Waals surface area (Å²) in [6.45, 7) is 0.276. The van der Waals surface area contributed by atoms with Gasteiger partial charge >= 0.3 is 0 Å². The molecule has 0 aliphatic carbocycles. The Bertz CT molecular complexity index is 371. The van der Waals surface area contributed by atoms with Crippen LogP contribution in [0.2, 0.25) is 0 Å². The minimum Gasteiger partial charge on any atom is -0.496 e. The third-order valence-electron chi connectivity index (χ3n) is 2.49. The Morgan fingerprint density at radius 2 is 1.59 bits per heavy atom. The molecule has 0 bridgehead atoms. The maximum atomic E-state index is 13.9. The highest BCUT2D eigenvalue weighted by atomic mass is 19.1. The molecule has 1 aromatic rings. The van der Waals surface area contributed by atoms with Gasteiger partial charge in [0.25, 0.3) is 0 Å². The minimum absolute atomic E-state index is 0.242. The molecule has 0 aliphatic rings. The van der Waals surface area contributed by atoms with Gasteiger partial charge in [0.1, 0.15) is 11.9 Å². The van der Waals surface area contributed by atoms with Crippen LogP contribution in [0.15, 0.2) is 12.1 Å². The molecule has 0 amide bonds. The zero-order valence-electron chi connectivity index (χ0n) is 10.3. The first-order valence-corrected chi connectivity index (χ1v) is 5.32. The molecule has 0 spiro atoms. The number of benzene rings is 1. The monoisotopic (exact) mass is 243 g/mol. The van der Waals surface area contributed by atoms with E-state index in [1.165, 1.54) is 21.3 Å². The van der Waals surface area contributed by atoms with Gasteiger partial charge in [-0.05, 0) is 19.0 Å². The topological polar surface area (TPSA) is 53.7 Å². The number of alkyl halides is 1. The van der Waals surface area contributed by atoms with E-state index in [0.717, 1.165) is 0 Å². The summed E-state index contributed by atoms with van der Waals surface area (Å²) in [5.41, 5.74) is 5.77. The smallest absolute Gasteiger partial charge is 0.164 e. The summed E-state index contributed by atoms with van der Waals surface area (Å²) in [4.78, 5) is 0. The highest BCUT2D eigenvalue weighted by Crippen LogP contribution is 2.39. The SMILES string of the molecule is COc1cc(OC)c(C(F)CCN)cc1OC. The van der Waals surface area contributed by atoms with Crippen LogP contribution in [0.3, 0.4) is 0 Å². The number of halogens is 1. The first-order valence-electron chi connectivity index (χ1n) is 5.32. The van der Waals surface area contributed by atoms with Gasteiger partial charge in [-0.25, -0.2) is 4.39 Å². The van der Waals surface area contributed by atoms with Crippen LogP contribution in [0.25, 0.3) is 0 Å². The van der Waals surface area contributed by atoms with Crippen LogP contribution in [0.4, 0.5) is 4.39 Å². The fraction of sp³-hybridized carbons (Fsp3) is 0.500. The average Bonchev–Trinajstić information content (AvgIpc) is 2.37. The Balaban J connectivity index is 3.18. The Morgan fingerprint density at radius 1 is 1.06 bits per heavy atom. The second kappa shape index (κ2) is 6.30. The molecule has 0 saturated heterocycles. The molecule has 1 rings (SSSR count). The molecule has 0 aliphatic heterocycles. The summed E-state index contributed by atoms with van der Waals surface area (Å²) in [6.07, 6.45) is -0.930. The summed E-state index contributed by atoms with van der Waals surface area (Å²) < 4.78 is 29.3. The minimum atomic E-state index is -1.17. The third kappa shape index (κ3) is 3.00. The Kier molecular flexibility index (Phi) is 5.03. The van der Waals surface area contributed by atoms with E-state index in [1.807, 2.05) is 0 Å². The van der Waals surface area contributed by atoms with Crippen LogP contribution in [0, 0.1) is 0 Å². The summed E-state index contributed by atoms with van der Waals surface area (Å²) >= 11 is 0. The molecule has 17 heavy (non-hydrogen) atoms. The van der Waals surface area contributed by atoms with Gasteiger partial charge in [-0.3, -0.25) is 0 Å². The fourth-order valence-electron chi connectivity index (χ4n) is 1.60. The normalized spacial score (nSPS) is 12.1. The van der Waals surface area contributed by atoms with Gasteiger partial charge in [-0.1, -0.05) is 0 Å². The van der Waals surface area contributed by atoms with Crippen molar-refractivity contribution in [2.45, 2.75) is 12.6 Å². The van der Waals surface area contributed by atoms with E-state index in [2.05, 4.69) is 0 Å². The van der Waals surface area contributed by atoms with Crippen molar-refractivity contribution in [3.8, 4) is 17.2 Å². The van der Waals surface area contributed by atoms with Crippen LogP contribution < -0.4 is 19.9 Å². The van der Waals surface area contributed by atoms with E-state index in [9.17, 15) is 4.39 Å². The summed E-state index contributed by atoms with van der Waals surface area (Å²) in [5.74, 6) is 1.42. The lowest BCUT2D eigenvalue weighted by Gasteiger charge is -2.16. The maximum Gasteiger partial charge on any atom is 0.164 e. The van der Waals surface area contributed by atoms with E-state index in [4.69, 9.17) is 19.9 Å². The molecule has 2 N–H and O–H groups in total. The van der Waals surface area contributed by atoms with Crippen molar-refractivity contribution in [1.29, 1.82) is 0 Å². The van der Waals surface area contributed by atoms with Crippen molar-refractivity contribution < 1.29 is 18.6 Å². The van der Waals surface area contributed by atoms with Crippen LogP contribution >= 0.6 is 0 Å². The van der Waals surface area contributed by atoms with E-state index < -0.39 is 6.17 Å². The highest BCUT2D eigenvalue weighted by Gasteiger charge is 2.18. The maximum absolute atomic E-state index is 13.9. The molecule has 96 valence electrons. The van der Waals surface area contributed by atoms with Crippen LogP contribution in [-0.4, -0.2) is 27.9 Å². The number of hydrogen-bond donors (Lipinski definition) is 1. The first kappa shape index (κ1) is 13.6. The molecule has 1 unspecified atom stereocenters. The van der Waals surface area contributed by atoms with Gasteiger partial charge in [-0.2, -0.15) is 0 Å². The Hall–Kier alpha value is -1.49. The molecule has 4 nitrogen and oxygen atoms in total. The first-order chi connectivity index (χ1) is 8.17. The Labute approximate surface area is 100 Å². The fourth-order valence-corrected chi connectivity index (χ4v) is 1.60. The standard InChI is InChI=1S/C12H18FNO3/c1-15-10-7-12(17-3)11(16-2)6-8(10)9(13)4-5-14/h6-7,9H,4-5,14H2,1-3H3. The van der Waals surface area contributed by atoms with Gasteiger partial charge < -0.3 is 19.9 Å². The van der Waals surface area contributed by atoms with E-state index in [0.29, 0.717) is 22.8 Å². The lowest BCUT2D eigenvalue weighted by atomic mass is 10.1. The predicted octanol–water partition coefficient (Wildman–Crippen LogP) is 2.07. The highest BCUT2D eigenvalue weighted by molar-refractivity contribution is 5.51. The van der Waals surface area contributed by atoms with Crippen molar-refractivity contribution in [1.82, 2.24) is 0 Å². The molecule has 0 fully saturated rings. The van der Waals surface area contributed by atoms with Crippen molar-refractivity contribution in [2.75, 3.05) is 27.9 Å². The van der Waals surface area contributed by atoms with E-state index in [1.54, 1.807) is 12.1 Å². The predicted molar refractivity (Wildman–Crippen MR) is 63.6 cm³/mol. The zero-order chi connectivity index (χ0) is 12.8. The van der Waals surface area contributed by atoms with Crippen LogP contribution in [0.5, 0.6) is 17.2 Å². The number of methoxy groups -OCH3 is 3. The Morgan fingerprint density at radius 3 is 2.06 bits per heavy atom. The van der Waals surface area contributed by atoms with Gasteiger partial charge in [0.2, 0.25) is 0 Å². The number of hydrogen-bond acceptors (Lipinski definition) is 4. The summed E-state index contributed by atoms with van der Waals surface area (Å²) in [5, 5.41) is 0. The van der Waals surface area contributed by atoms with Gasteiger partial charge in [0.05, 0.1) is 21.3 Å². The van der Waals surface area contributed by atoms with Crippen molar-refractivity contribution >= 4 is 0 Å². The molecule has 1 atom stereocenters.